The third-order valence-electron chi connectivity index (χ3n) is 4.37. The van der Waals surface area contributed by atoms with E-state index in [1.54, 1.807) is 30.3 Å². The highest BCUT2D eigenvalue weighted by Crippen LogP contribution is 2.26. The van der Waals surface area contributed by atoms with Crippen molar-refractivity contribution in [3.05, 3.63) is 81.9 Å². The summed E-state index contributed by atoms with van der Waals surface area (Å²) < 4.78 is 16.0. The van der Waals surface area contributed by atoms with Gasteiger partial charge in [0.05, 0.1) is 5.52 Å². The van der Waals surface area contributed by atoms with Crippen LogP contribution in [0.25, 0.3) is 10.9 Å². The summed E-state index contributed by atoms with van der Waals surface area (Å²) in [5.74, 6) is -0.952. The SMILES string of the molecule is Cc1cc(=O)n(C(C(=O)NC(C)(C)C)c2ccccc2F)c2ccccc12. The van der Waals surface area contributed by atoms with Crippen LogP contribution in [-0.2, 0) is 4.79 Å². The first-order valence-corrected chi connectivity index (χ1v) is 8.86. The Hall–Kier alpha value is -2.95. The molecular weight excluding hydrogens is 343 g/mol. The number of aromatic nitrogens is 1. The minimum atomic E-state index is -1.11. The molecular formula is C22H23FN2O2. The number of nitrogens with one attached hydrogen (secondary N) is 1. The maximum atomic E-state index is 14.6. The van der Waals surface area contributed by atoms with E-state index in [0.29, 0.717) is 5.52 Å². The summed E-state index contributed by atoms with van der Waals surface area (Å²) >= 11 is 0. The Morgan fingerprint density at radius 2 is 1.70 bits per heavy atom. The van der Waals surface area contributed by atoms with E-state index in [0.717, 1.165) is 10.9 Å². The Balaban J connectivity index is 2.33. The Bertz CT molecular complexity index is 1060. The van der Waals surface area contributed by atoms with Crippen LogP contribution in [0.15, 0.2) is 59.4 Å². The lowest BCUT2D eigenvalue weighted by Crippen LogP contribution is -2.46. The van der Waals surface area contributed by atoms with E-state index in [1.165, 1.54) is 16.7 Å². The third kappa shape index (κ3) is 3.77. The number of fused-ring (bicyclic) bond motifs is 1. The summed E-state index contributed by atoms with van der Waals surface area (Å²) in [5, 5.41) is 3.73. The first kappa shape index (κ1) is 18.8. The number of hydrogen-bond donors (Lipinski definition) is 1. The van der Waals surface area contributed by atoms with Gasteiger partial charge < -0.3 is 5.32 Å². The van der Waals surface area contributed by atoms with Crippen molar-refractivity contribution >= 4 is 16.8 Å². The molecule has 4 nitrogen and oxygen atoms in total. The lowest BCUT2D eigenvalue weighted by Gasteiger charge is -2.27. The van der Waals surface area contributed by atoms with Crippen LogP contribution in [-0.4, -0.2) is 16.0 Å². The summed E-state index contributed by atoms with van der Waals surface area (Å²) in [5.41, 5.74) is 0.707. The topological polar surface area (TPSA) is 51.1 Å². The number of para-hydroxylation sites is 1. The highest BCUT2D eigenvalue weighted by molar-refractivity contribution is 5.88. The summed E-state index contributed by atoms with van der Waals surface area (Å²) in [4.78, 5) is 26.1. The van der Waals surface area contributed by atoms with Gasteiger partial charge in [-0.05, 0) is 45.4 Å². The molecule has 1 amide bonds. The van der Waals surface area contributed by atoms with Crippen LogP contribution in [0.1, 0.15) is 37.9 Å². The zero-order valence-corrected chi connectivity index (χ0v) is 15.9. The van der Waals surface area contributed by atoms with Crippen LogP contribution in [0.4, 0.5) is 4.39 Å². The average Bonchev–Trinajstić information content (AvgIpc) is 2.58. The van der Waals surface area contributed by atoms with Crippen LogP contribution in [0.5, 0.6) is 0 Å². The zero-order valence-electron chi connectivity index (χ0n) is 15.9. The normalized spacial score (nSPS) is 12.8. The molecule has 0 fully saturated rings. The molecule has 1 unspecified atom stereocenters. The summed E-state index contributed by atoms with van der Waals surface area (Å²) in [6.45, 7) is 7.39. The van der Waals surface area contributed by atoms with Crippen LogP contribution >= 0.6 is 0 Å². The second-order valence-corrected chi connectivity index (χ2v) is 7.72. The van der Waals surface area contributed by atoms with Crippen molar-refractivity contribution in [1.29, 1.82) is 0 Å². The quantitative estimate of drug-likeness (QED) is 0.763. The maximum absolute atomic E-state index is 14.6. The molecule has 0 aliphatic carbocycles. The molecule has 0 radical (unpaired) electrons. The maximum Gasteiger partial charge on any atom is 0.252 e. The van der Waals surface area contributed by atoms with Gasteiger partial charge in [0.2, 0.25) is 5.91 Å². The van der Waals surface area contributed by atoms with Crippen molar-refractivity contribution in [3.63, 3.8) is 0 Å². The molecule has 1 aromatic heterocycles. The van der Waals surface area contributed by atoms with Crippen LogP contribution < -0.4 is 10.9 Å². The van der Waals surface area contributed by atoms with Gasteiger partial charge >= 0.3 is 0 Å². The van der Waals surface area contributed by atoms with Crippen molar-refractivity contribution in [2.45, 2.75) is 39.3 Å². The Morgan fingerprint density at radius 1 is 1.07 bits per heavy atom. The lowest BCUT2D eigenvalue weighted by molar-refractivity contribution is -0.124. The van der Waals surface area contributed by atoms with Gasteiger partial charge in [-0.3, -0.25) is 14.2 Å². The minimum absolute atomic E-state index is 0.162. The number of rotatable bonds is 3. The average molecular weight is 366 g/mol. The van der Waals surface area contributed by atoms with E-state index >= 15 is 0 Å². The fraction of sp³-hybridized carbons (Fsp3) is 0.273. The summed E-state index contributed by atoms with van der Waals surface area (Å²) in [6.07, 6.45) is 0. The number of benzene rings is 2. The van der Waals surface area contributed by atoms with Crippen molar-refractivity contribution in [1.82, 2.24) is 9.88 Å². The monoisotopic (exact) mass is 366 g/mol. The predicted molar refractivity (Wildman–Crippen MR) is 105 cm³/mol. The van der Waals surface area contributed by atoms with Gasteiger partial charge in [-0.2, -0.15) is 0 Å². The van der Waals surface area contributed by atoms with E-state index in [4.69, 9.17) is 0 Å². The highest BCUT2D eigenvalue weighted by Gasteiger charge is 2.30. The van der Waals surface area contributed by atoms with Crippen LogP contribution in [0.2, 0.25) is 0 Å². The Morgan fingerprint density at radius 3 is 2.37 bits per heavy atom. The van der Waals surface area contributed by atoms with E-state index in [-0.39, 0.29) is 11.1 Å². The second kappa shape index (κ2) is 6.99. The number of halogens is 1. The molecule has 0 aliphatic rings. The van der Waals surface area contributed by atoms with E-state index in [2.05, 4.69) is 5.32 Å². The third-order valence-corrected chi connectivity index (χ3v) is 4.37. The predicted octanol–water partition coefficient (Wildman–Crippen LogP) is 3.95. The van der Waals surface area contributed by atoms with E-state index < -0.39 is 23.3 Å². The van der Waals surface area contributed by atoms with E-state index in [9.17, 15) is 14.0 Å². The van der Waals surface area contributed by atoms with Gasteiger partial charge in [0.15, 0.2) is 0 Å². The first-order chi connectivity index (χ1) is 12.7. The smallest absolute Gasteiger partial charge is 0.252 e. The van der Waals surface area contributed by atoms with Gasteiger partial charge in [0, 0.05) is 22.6 Å². The van der Waals surface area contributed by atoms with Gasteiger partial charge in [0.1, 0.15) is 11.9 Å². The van der Waals surface area contributed by atoms with Crippen molar-refractivity contribution in [2.75, 3.05) is 0 Å². The van der Waals surface area contributed by atoms with Crippen molar-refractivity contribution < 1.29 is 9.18 Å². The molecule has 0 bridgehead atoms. The fourth-order valence-corrected chi connectivity index (χ4v) is 3.27. The molecule has 140 valence electrons. The van der Waals surface area contributed by atoms with Gasteiger partial charge in [-0.1, -0.05) is 36.4 Å². The molecule has 1 atom stereocenters. The number of aryl methyl sites for hydroxylation is 1. The number of hydrogen-bond acceptors (Lipinski definition) is 2. The summed E-state index contributed by atoms with van der Waals surface area (Å²) in [6, 6.07) is 13.8. The largest absolute Gasteiger partial charge is 0.349 e. The van der Waals surface area contributed by atoms with Gasteiger partial charge in [-0.25, -0.2) is 4.39 Å². The molecule has 3 rings (SSSR count). The van der Waals surface area contributed by atoms with Crippen molar-refractivity contribution in [3.8, 4) is 0 Å². The number of carbonyl (C=O) groups is 1. The van der Waals surface area contributed by atoms with Crippen molar-refractivity contribution in [2.24, 2.45) is 0 Å². The standard InChI is InChI=1S/C22H23FN2O2/c1-14-13-19(26)25(18-12-8-6-9-15(14)18)20(21(27)24-22(2,3)4)16-10-5-7-11-17(16)23/h5-13,20H,1-4H3,(H,24,27). The van der Waals surface area contributed by atoms with Crippen LogP contribution in [0.3, 0.4) is 0 Å². The zero-order chi connectivity index (χ0) is 19.8. The number of carbonyl (C=O) groups excluding carboxylic acids is 1. The Labute approximate surface area is 157 Å². The lowest BCUT2D eigenvalue weighted by atomic mass is 10.0. The van der Waals surface area contributed by atoms with Crippen LogP contribution in [0, 0.1) is 12.7 Å². The molecule has 0 spiro atoms. The number of pyridine rings is 1. The molecule has 27 heavy (non-hydrogen) atoms. The highest BCUT2D eigenvalue weighted by atomic mass is 19.1. The first-order valence-electron chi connectivity index (χ1n) is 8.86. The van der Waals surface area contributed by atoms with Gasteiger partial charge in [-0.15, -0.1) is 0 Å². The number of amides is 1. The Kier molecular flexibility index (Phi) is 4.87. The molecule has 0 saturated carbocycles. The number of nitrogens with zero attached hydrogens (tertiary/aromatic N) is 1. The molecule has 0 saturated heterocycles. The molecule has 1 N–H and O–H groups in total. The molecule has 5 heteroatoms. The molecule has 0 aliphatic heterocycles. The molecule has 3 aromatic rings. The summed E-state index contributed by atoms with van der Waals surface area (Å²) in [7, 11) is 0. The minimum Gasteiger partial charge on any atom is -0.349 e. The second-order valence-electron chi connectivity index (χ2n) is 7.72. The molecule has 1 heterocycles. The fourth-order valence-electron chi connectivity index (χ4n) is 3.27. The van der Waals surface area contributed by atoms with E-state index in [1.807, 2.05) is 39.8 Å². The van der Waals surface area contributed by atoms with Gasteiger partial charge in [0.25, 0.3) is 5.56 Å². The molecule has 2 aromatic carbocycles.